The van der Waals surface area contributed by atoms with Gasteiger partial charge in [-0.3, -0.25) is 19.4 Å². The van der Waals surface area contributed by atoms with Crippen molar-refractivity contribution in [2.24, 2.45) is 17.2 Å². The van der Waals surface area contributed by atoms with Gasteiger partial charge in [0.05, 0.1) is 29.9 Å². The number of aryl methyl sites for hydroxylation is 1. The number of nitrogens with zero attached hydrogens (tertiary/aromatic N) is 2. The Morgan fingerprint density at radius 3 is 2.34 bits per heavy atom. The van der Waals surface area contributed by atoms with E-state index in [0.29, 0.717) is 31.6 Å². The number of para-hydroxylation sites is 1. The van der Waals surface area contributed by atoms with E-state index in [0.717, 1.165) is 16.5 Å². The molecule has 0 saturated carbocycles. The normalized spacial score (nSPS) is 13.4. The maximum absolute atomic E-state index is 13.6. The van der Waals surface area contributed by atoms with Crippen molar-refractivity contribution in [1.82, 2.24) is 15.2 Å². The van der Waals surface area contributed by atoms with E-state index in [4.69, 9.17) is 17.2 Å². The third kappa shape index (κ3) is 7.82. The zero-order valence-electron chi connectivity index (χ0n) is 21.7. The summed E-state index contributed by atoms with van der Waals surface area (Å²) in [5.74, 6) is -1.33. The van der Waals surface area contributed by atoms with Gasteiger partial charge in [-0.25, -0.2) is 0 Å². The molecule has 2 atom stereocenters. The molecule has 0 spiro atoms. The minimum Gasteiger partial charge on any atom is -0.341 e. The molecule has 3 amide bonds. The van der Waals surface area contributed by atoms with Crippen LogP contribution in [0.4, 0.5) is 5.69 Å². The molecule has 0 aliphatic heterocycles. The minimum absolute atomic E-state index is 0.225. The second kappa shape index (κ2) is 13.6. The predicted molar refractivity (Wildman–Crippen MR) is 149 cm³/mol. The van der Waals surface area contributed by atoms with Gasteiger partial charge in [-0.1, -0.05) is 48.5 Å². The highest BCUT2D eigenvalue weighted by molar-refractivity contribution is 6.02. The number of amides is 3. The number of fused-ring (bicyclic) bond motifs is 1. The highest BCUT2D eigenvalue weighted by Crippen LogP contribution is 2.21. The Hall–Kier alpha value is -3.86. The minimum atomic E-state index is -1.31. The van der Waals surface area contributed by atoms with E-state index in [9.17, 15) is 14.4 Å². The number of hydrogen-bond acceptors (Lipinski definition) is 7. The van der Waals surface area contributed by atoms with Crippen molar-refractivity contribution >= 4 is 34.3 Å². The maximum atomic E-state index is 13.6. The first-order valence-corrected chi connectivity index (χ1v) is 12.7. The highest BCUT2D eigenvalue weighted by Gasteiger charge is 2.36. The summed E-state index contributed by atoms with van der Waals surface area (Å²) in [7, 11) is 0. The van der Waals surface area contributed by atoms with Gasteiger partial charge in [-0.15, -0.1) is 0 Å². The lowest BCUT2D eigenvalue weighted by Crippen LogP contribution is -2.59. The van der Waals surface area contributed by atoms with Crippen molar-refractivity contribution in [3.05, 3.63) is 72.4 Å². The highest BCUT2D eigenvalue weighted by atomic mass is 16.2. The summed E-state index contributed by atoms with van der Waals surface area (Å²) in [4.78, 5) is 45.2. The fourth-order valence-corrected chi connectivity index (χ4v) is 4.13. The molecule has 1 aromatic heterocycles. The first kappa shape index (κ1) is 28.7. The summed E-state index contributed by atoms with van der Waals surface area (Å²) in [6.07, 6.45) is 2.20. The Labute approximate surface area is 222 Å². The number of aromatic nitrogens is 1. The van der Waals surface area contributed by atoms with Crippen LogP contribution in [0.3, 0.4) is 0 Å². The second-order valence-corrected chi connectivity index (χ2v) is 9.45. The standard InChI is InChI=1S/C28H37N7O3/c1-28(12-11-20-7-3-2-4-8-20,27(38)33-22-17-21-9-5-6-10-24(21)32-19-22)34-26(37)23(31)18-25(36)35(15-13-29)16-14-30/h2-10,17,19,23H,11-16,18,29-31H2,1H3,(H,33,38)(H,34,37). The number of rotatable bonds is 13. The lowest BCUT2D eigenvalue weighted by Gasteiger charge is -2.31. The third-order valence-corrected chi connectivity index (χ3v) is 6.39. The number of anilines is 1. The number of carbonyl (C=O) groups is 3. The number of carbonyl (C=O) groups excluding carboxylic acids is 3. The Kier molecular flexibility index (Phi) is 10.3. The van der Waals surface area contributed by atoms with E-state index in [1.54, 1.807) is 13.1 Å². The van der Waals surface area contributed by atoms with Crippen molar-refractivity contribution in [1.29, 1.82) is 0 Å². The third-order valence-electron chi connectivity index (χ3n) is 6.39. The molecular weight excluding hydrogens is 482 g/mol. The topological polar surface area (TPSA) is 169 Å². The molecule has 202 valence electrons. The molecule has 0 aliphatic carbocycles. The molecule has 0 bridgehead atoms. The van der Waals surface area contributed by atoms with Crippen LogP contribution in [0.2, 0.25) is 0 Å². The number of nitrogens with two attached hydrogens (primary N) is 3. The van der Waals surface area contributed by atoms with Crippen molar-refractivity contribution in [3.63, 3.8) is 0 Å². The van der Waals surface area contributed by atoms with Crippen molar-refractivity contribution < 1.29 is 14.4 Å². The van der Waals surface area contributed by atoms with Gasteiger partial charge in [-0.2, -0.15) is 0 Å². The fourth-order valence-electron chi connectivity index (χ4n) is 4.13. The van der Waals surface area contributed by atoms with Crippen LogP contribution in [0.1, 0.15) is 25.3 Å². The van der Waals surface area contributed by atoms with Gasteiger partial charge in [0, 0.05) is 31.6 Å². The molecule has 0 aliphatic rings. The van der Waals surface area contributed by atoms with Crippen LogP contribution in [0.5, 0.6) is 0 Å². The van der Waals surface area contributed by atoms with E-state index in [1.807, 2.05) is 60.7 Å². The Morgan fingerprint density at radius 1 is 1.00 bits per heavy atom. The molecule has 1 heterocycles. The Morgan fingerprint density at radius 2 is 1.66 bits per heavy atom. The summed E-state index contributed by atoms with van der Waals surface area (Å²) in [5, 5.41) is 6.58. The van der Waals surface area contributed by atoms with Crippen LogP contribution in [0, 0.1) is 0 Å². The summed E-state index contributed by atoms with van der Waals surface area (Å²) >= 11 is 0. The van der Waals surface area contributed by atoms with Crippen LogP contribution >= 0.6 is 0 Å². The van der Waals surface area contributed by atoms with Crippen molar-refractivity contribution in [2.75, 3.05) is 31.5 Å². The molecular formula is C28H37N7O3. The molecule has 2 unspecified atom stereocenters. The van der Waals surface area contributed by atoms with E-state index >= 15 is 0 Å². The van der Waals surface area contributed by atoms with Crippen LogP contribution < -0.4 is 27.8 Å². The van der Waals surface area contributed by atoms with Crippen LogP contribution in [0.15, 0.2) is 66.9 Å². The zero-order chi connectivity index (χ0) is 27.5. The number of benzene rings is 2. The molecule has 3 rings (SSSR count). The van der Waals surface area contributed by atoms with Gasteiger partial charge in [0.2, 0.25) is 17.7 Å². The molecule has 0 saturated heterocycles. The summed E-state index contributed by atoms with van der Waals surface area (Å²) in [5.41, 5.74) is 18.3. The Bertz CT molecular complexity index is 1230. The number of nitrogens with one attached hydrogen (secondary N) is 2. The molecule has 8 N–H and O–H groups in total. The van der Waals surface area contributed by atoms with E-state index in [1.165, 1.54) is 4.90 Å². The van der Waals surface area contributed by atoms with Gasteiger partial charge in [0.15, 0.2) is 0 Å². The molecule has 10 nitrogen and oxygen atoms in total. The molecule has 38 heavy (non-hydrogen) atoms. The molecule has 0 radical (unpaired) electrons. The molecule has 10 heteroatoms. The SMILES string of the molecule is CC(CCc1ccccc1)(NC(=O)C(N)CC(=O)N(CCN)CCN)C(=O)Nc1cnc2ccccc2c1. The van der Waals surface area contributed by atoms with Crippen molar-refractivity contribution in [3.8, 4) is 0 Å². The lowest BCUT2D eigenvalue weighted by atomic mass is 9.91. The quantitative estimate of drug-likeness (QED) is 0.225. The average Bonchev–Trinajstić information content (AvgIpc) is 2.92. The largest absolute Gasteiger partial charge is 0.341 e. The summed E-state index contributed by atoms with van der Waals surface area (Å²) in [6.45, 7) is 2.84. The summed E-state index contributed by atoms with van der Waals surface area (Å²) < 4.78 is 0. The van der Waals surface area contributed by atoms with E-state index in [-0.39, 0.29) is 25.4 Å². The Balaban J connectivity index is 1.76. The predicted octanol–water partition coefficient (Wildman–Crippen LogP) is 1.14. The lowest BCUT2D eigenvalue weighted by molar-refractivity contribution is -0.135. The van der Waals surface area contributed by atoms with Gasteiger partial charge in [0.25, 0.3) is 0 Å². The maximum Gasteiger partial charge on any atom is 0.249 e. The number of hydrogen-bond donors (Lipinski definition) is 5. The molecule has 0 fully saturated rings. The van der Waals surface area contributed by atoms with Crippen LogP contribution in [-0.4, -0.2) is 65.4 Å². The zero-order valence-corrected chi connectivity index (χ0v) is 21.7. The van der Waals surface area contributed by atoms with Crippen LogP contribution in [0.25, 0.3) is 10.9 Å². The van der Waals surface area contributed by atoms with Gasteiger partial charge in [-0.05, 0) is 37.5 Å². The van der Waals surface area contributed by atoms with Gasteiger partial charge in [0.1, 0.15) is 5.54 Å². The van der Waals surface area contributed by atoms with Gasteiger partial charge < -0.3 is 32.7 Å². The second-order valence-electron chi connectivity index (χ2n) is 9.45. The molecule has 2 aromatic carbocycles. The number of pyridine rings is 1. The van der Waals surface area contributed by atoms with Crippen molar-refractivity contribution in [2.45, 2.75) is 37.8 Å². The fraction of sp³-hybridized carbons (Fsp3) is 0.357. The van der Waals surface area contributed by atoms with Gasteiger partial charge >= 0.3 is 0 Å². The average molecular weight is 520 g/mol. The molecule has 3 aromatic rings. The monoisotopic (exact) mass is 519 g/mol. The smallest absolute Gasteiger partial charge is 0.249 e. The first-order chi connectivity index (χ1) is 18.3. The summed E-state index contributed by atoms with van der Waals surface area (Å²) in [6, 6.07) is 17.9. The first-order valence-electron chi connectivity index (χ1n) is 12.7. The van der Waals surface area contributed by atoms with E-state index in [2.05, 4.69) is 15.6 Å². The van der Waals surface area contributed by atoms with E-state index < -0.39 is 23.4 Å². The van der Waals surface area contributed by atoms with Crippen LogP contribution in [-0.2, 0) is 20.8 Å².